The van der Waals surface area contributed by atoms with Gasteiger partial charge in [-0.25, -0.2) is 4.98 Å². The fourth-order valence-corrected chi connectivity index (χ4v) is 4.02. The average molecular weight is 303 g/mol. The normalized spacial score (nSPS) is 24.0. The molecule has 2 aromatic rings. The maximum Gasteiger partial charge on any atom is 0.220 e. The molecule has 1 unspecified atom stereocenters. The molecule has 1 saturated carbocycles. The number of fused-ring (bicyclic) bond motifs is 1. The lowest BCUT2D eigenvalue weighted by molar-refractivity contribution is -0.122. The molecule has 5 heteroatoms. The van der Waals surface area contributed by atoms with E-state index in [1.54, 1.807) is 11.3 Å². The number of hydrogen-bond donors (Lipinski definition) is 2. The Morgan fingerprint density at radius 1 is 1.33 bits per heavy atom. The molecule has 0 aliphatic heterocycles. The second kappa shape index (κ2) is 6.12. The van der Waals surface area contributed by atoms with Gasteiger partial charge in [-0.1, -0.05) is 12.1 Å². The van der Waals surface area contributed by atoms with Crippen LogP contribution >= 0.6 is 11.3 Å². The summed E-state index contributed by atoms with van der Waals surface area (Å²) in [5, 5.41) is 4.78. The van der Waals surface area contributed by atoms with E-state index in [0.717, 1.165) is 36.2 Å². The molecule has 1 aliphatic carbocycles. The Balaban J connectivity index is 1.61. The molecule has 1 aliphatic rings. The summed E-state index contributed by atoms with van der Waals surface area (Å²) in [5.74, 6) is -0.0755. The molecule has 3 rings (SSSR count). The van der Waals surface area contributed by atoms with E-state index >= 15 is 0 Å². The first-order valence-corrected chi connectivity index (χ1v) is 8.36. The highest BCUT2D eigenvalue weighted by atomic mass is 32.1. The first-order chi connectivity index (χ1) is 10.1. The zero-order chi connectivity index (χ0) is 14.8. The maximum absolute atomic E-state index is 11.2. The molecule has 4 nitrogen and oxygen atoms in total. The number of carbonyl (C=O) groups excluding carboxylic acids is 1. The Morgan fingerprint density at radius 3 is 2.71 bits per heavy atom. The van der Waals surface area contributed by atoms with Crippen LogP contribution in [-0.2, 0) is 4.79 Å². The van der Waals surface area contributed by atoms with Crippen molar-refractivity contribution in [2.75, 3.05) is 0 Å². The zero-order valence-electron chi connectivity index (χ0n) is 12.2. The third kappa shape index (κ3) is 3.24. The Bertz CT molecular complexity index is 598. The molecule has 1 aromatic carbocycles. The minimum absolute atomic E-state index is 0.0702. The minimum atomic E-state index is -0.146. The summed E-state index contributed by atoms with van der Waals surface area (Å²) in [6.45, 7) is 2.16. The summed E-state index contributed by atoms with van der Waals surface area (Å²) >= 11 is 1.75. The van der Waals surface area contributed by atoms with Gasteiger partial charge in [-0.2, -0.15) is 0 Å². The summed E-state index contributed by atoms with van der Waals surface area (Å²) < 4.78 is 1.23. The van der Waals surface area contributed by atoms with E-state index in [1.807, 2.05) is 12.1 Å². The van der Waals surface area contributed by atoms with Crippen molar-refractivity contribution >= 4 is 27.5 Å². The fraction of sp³-hybridized carbons (Fsp3) is 0.500. The van der Waals surface area contributed by atoms with Crippen LogP contribution in [0, 0.1) is 5.92 Å². The van der Waals surface area contributed by atoms with E-state index < -0.39 is 0 Å². The van der Waals surface area contributed by atoms with Crippen LogP contribution in [0.3, 0.4) is 0 Å². The molecule has 0 bridgehead atoms. The number of benzene rings is 1. The van der Waals surface area contributed by atoms with Gasteiger partial charge in [-0.05, 0) is 44.7 Å². The standard InChI is InChI=1S/C16H21N3OS/c1-10(16-19-13-4-2-3-5-14(13)21-16)18-12-8-6-11(7-9-12)15(17)20/h2-5,10-12,18H,6-9H2,1H3,(H2,17,20). The number of hydrogen-bond acceptors (Lipinski definition) is 4. The lowest BCUT2D eigenvalue weighted by Crippen LogP contribution is -2.37. The van der Waals surface area contributed by atoms with Crippen molar-refractivity contribution in [2.24, 2.45) is 11.7 Å². The number of para-hydroxylation sites is 1. The van der Waals surface area contributed by atoms with Crippen molar-refractivity contribution in [3.05, 3.63) is 29.3 Å². The summed E-state index contributed by atoms with van der Waals surface area (Å²) in [6, 6.07) is 8.95. The molecular formula is C16H21N3OS. The second-order valence-electron chi connectivity index (χ2n) is 5.86. The number of primary amides is 1. The van der Waals surface area contributed by atoms with Crippen molar-refractivity contribution < 1.29 is 4.79 Å². The van der Waals surface area contributed by atoms with Gasteiger partial charge < -0.3 is 11.1 Å². The highest BCUT2D eigenvalue weighted by molar-refractivity contribution is 7.18. The topological polar surface area (TPSA) is 68.0 Å². The molecule has 21 heavy (non-hydrogen) atoms. The second-order valence-corrected chi connectivity index (χ2v) is 6.92. The first-order valence-electron chi connectivity index (χ1n) is 7.54. The van der Waals surface area contributed by atoms with Crippen LogP contribution in [-0.4, -0.2) is 16.9 Å². The summed E-state index contributed by atoms with van der Waals surface area (Å²) in [5.41, 5.74) is 6.45. The minimum Gasteiger partial charge on any atom is -0.369 e. The lowest BCUT2D eigenvalue weighted by Gasteiger charge is -2.29. The van der Waals surface area contributed by atoms with Crippen molar-refractivity contribution in [1.82, 2.24) is 10.3 Å². The number of nitrogens with zero attached hydrogens (tertiary/aromatic N) is 1. The van der Waals surface area contributed by atoms with Crippen LogP contribution in [0.5, 0.6) is 0 Å². The monoisotopic (exact) mass is 303 g/mol. The van der Waals surface area contributed by atoms with Gasteiger partial charge in [0.1, 0.15) is 5.01 Å². The molecule has 1 amide bonds. The van der Waals surface area contributed by atoms with Gasteiger partial charge in [0, 0.05) is 12.0 Å². The number of nitrogens with one attached hydrogen (secondary N) is 1. The highest BCUT2D eigenvalue weighted by Crippen LogP contribution is 2.29. The highest BCUT2D eigenvalue weighted by Gasteiger charge is 2.26. The third-order valence-corrected chi connectivity index (χ3v) is 5.52. The van der Waals surface area contributed by atoms with Crippen molar-refractivity contribution in [3.63, 3.8) is 0 Å². The number of aromatic nitrogens is 1. The lowest BCUT2D eigenvalue weighted by atomic mass is 9.85. The van der Waals surface area contributed by atoms with E-state index in [-0.39, 0.29) is 17.9 Å². The molecule has 1 atom stereocenters. The smallest absolute Gasteiger partial charge is 0.220 e. The molecule has 112 valence electrons. The van der Waals surface area contributed by atoms with Crippen LogP contribution in [0.15, 0.2) is 24.3 Å². The van der Waals surface area contributed by atoms with E-state index in [1.165, 1.54) is 4.70 Å². The third-order valence-electron chi connectivity index (χ3n) is 4.30. The maximum atomic E-state index is 11.2. The zero-order valence-corrected chi connectivity index (χ0v) is 13.0. The van der Waals surface area contributed by atoms with E-state index in [9.17, 15) is 4.79 Å². The van der Waals surface area contributed by atoms with Gasteiger partial charge in [-0.15, -0.1) is 11.3 Å². The fourth-order valence-electron chi connectivity index (χ4n) is 3.04. The van der Waals surface area contributed by atoms with Gasteiger partial charge in [0.15, 0.2) is 0 Å². The van der Waals surface area contributed by atoms with Crippen LogP contribution < -0.4 is 11.1 Å². The predicted octanol–water partition coefficient (Wildman–Crippen LogP) is 2.99. The van der Waals surface area contributed by atoms with Gasteiger partial charge in [0.2, 0.25) is 5.91 Å². The van der Waals surface area contributed by atoms with Crippen molar-refractivity contribution in [2.45, 2.75) is 44.7 Å². The largest absolute Gasteiger partial charge is 0.369 e. The molecule has 0 radical (unpaired) electrons. The quantitative estimate of drug-likeness (QED) is 0.912. The van der Waals surface area contributed by atoms with Crippen molar-refractivity contribution in [3.8, 4) is 0 Å². The number of rotatable bonds is 4. The molecule has 1 heterocycles. The summed E-state index contributed by atoms with van der Waals surface area (Å²) in [4.78, 5) is 15.9. The van der Waals surface area contributed by atoms with Crippen LogP contribution in [0.2, 0.25) is 0 Å². The molecule has 3 N–H and O–H groups in total. The molecule has 0 saturated heterocycles. The average Bonchev–Trinajstić information content (AvgIpc) is 2.92. The number of carbonyl (C=O) groups is 1. The van der Waals surface area contributed by atoms with Gasteiger partial charge in [-0.3, -0.25) is 4.79 Å². The molecular weight excluding hydrogens is 282 g/mol. The molecule has 1 fully saturated rings. The van der Waals surface area contributed by atoms with Gasteiger partial charge >= 0.3 is 0 Å². The summed E-state index contributed by atoms with van der Waals surface area (Å²) in [6.07, 6.45) is 3.84. The SMILES string of the molecule is CC(NC1CCC(C(N)=O)CC1)c1nc2ccccc2s1. The Hall–Kier alpha value is -1.46. The predicted molar refractivity (Wildman–Crippen MR) is 86.1 cm³/mol. The molecule has 0 spiro atoms. The van der Waals surface area contributed by atoms with E-state index in [2.05, 4.69) is 24.4 Å². The van der Waals surface area contributed by atoms with Crippen molar-refractivity contribution in [1.29, 1.82) is 0 Å². The Kier molecular flexibility index (Phi) is 4.22. The number of amides is 1. The van der Waals surface area contributed by atoms with E-state index in [4.69, 9.17) is 10.7 Å². The first kappa shape index (κ1) is 14.5. The number of thiazole rings is 1. The van der Waals surface area contributed by atoms with E-state index in [0.29, 0.717) is 6.04 Å². The molecule has 1 aromatic heterocycles. The van der Waals surface area contributed by atoms with Gasteiger partial charge in [0.25, 0.3) is 0 Å². The Labute approximate surface area is 128 Å². The van der Waals surface area contributed by atoms with Crippen LogP contribution in [0.1, 0.15) is 43.7 Å². The number of nitrogens with two attached hydrogens (primary N) is 1. The van der Waals surface area contributed by atoms with Crippen LogP contribution in [0.4, 0.5) is 0 Å². The summed E-state index contributed by atoms with van der Waals surface area (Å²) in [7, 11) is 0. The van der Waals surface area contributed by atoms with Crippen LogP contribution in [0.25, 0.3) is 10.2 Å². The Morgan fingerprint density at radius 2 is 2.05 bits per heavy atom. The van der Waals surface area contributed by atoms with Gasteiger partial charge in [0.05, 0.1) is 16.3 Å².